The van der Waals surface area contributed by atoms with Crippen LogP contribution in [-0.4, -0.2) is 12.0 Å². The number of pyridine rings is 1. The third-order valence-corrected chi connectivity index (χ3v) is 2.07. The fourth-order valence-electron chi connectivity index (χ4n) is 1.42. The van der Waals surface area contributed by atoms with Crippen LogP contribution in [0.1, 0.15) is 5.69 Å². The van der Waals surface area contributed by atoms with Crippen LogP contribution in [0.4, 0.5) is 4.39 Å². The van der Waals surface area contributed by atoms with Crippen LogP contribution in [0.25, 0.3) is 10.9 Å². The van der Waals surface area contributed by atoms with Gasteiger partial charge in [-0.25, -0.2) is 4.39 Å². The van der Waals surface area contributed by atoms with E-state index in [-0.39, 0.29) is 5.82 Å². The van der Waals surface area contributed by atoms with Gasteiger partial charge in [-0.1, -0.05) is 6.07 Å². The van der Waals surface area contributed by atoms with E-state index < -0.39 is 0 Å². The van der Waals surface area contributed by atoms with Crippen molar-refractivity contribution in [1.29, 1.82) is 0 Å². The Hall–Kier alpha value is -1.48. The van der Waals surface area contributed by atoms with Crippen molar-refractivity contribution in [1.82, 2.24) is 10.3 Å². The quantitative estimate of drug-likeness (QED) is 0.784. The lowest BCUT2D eigenvalue weighted by Crippen LogP contribution is -2.06. The normalized spacial score (nSPS) is 10.7. The Labute approximate surface area is 81.8 Å². The number of hydrogen-bond donors (Lipinski definition) is 1. The van der Waals surface area contributed by atoms with Gasteiger partial charge >= 0.3 is 0 Å². The van der Waals surface area contributed by atoms with Crippen LogP contribution >= 0.6 is 0 Å². The summed E-state index contributed by atoms with van der Waals surface area (Å²) in [5.74, 6) is -0.222. The Morgan fingerprint density at radius 3 is 2.93 bits per heavy atom. The van der Waals surface area contributed by atoms with Gasteiger partial charge in [0.05, 0.1) is 11.2 Å². The van der Waals surface area contributed by atoms with Crippen LogP contribution in [0.15, 0.2) is 30.3 Å². The molecule has 1 aromatic heterocycles. The van der Waals surface area contributed by atoms with Crippen LogP contribution in [0.3, 0.4) is 0 Å². The lowest BCUT2D eigenvalue weighted by molar-refractivity contribution is 0.629. The molecule has 0 spiro atoms. The maximum absolute atomic E-state index is 12.8. The number of benzene rings is 1. The first-order valence-corrected chi connectivity index (χ1v) is 4.49. The molecule has 0 amide bonds. The molecule has 3 heteroatoms. The number of rotatable bonds is 2. The summed E-state index contributed by atoms with van der Waals surface area (Å²) < 4.78 is 12.8. The average Bonchev–Trinajstić information content (AvgIpc) is 2.19. The van der Waals surface area contributed by atoms with Crippen molar-refractivity contribution in [2.45, 2.75) is 6.54 Å². The molecule has 1 N–H and O–H groups in total. The fraction of sp³-hybridized carbons (Fsp3) is 0.182. The topological polar surface area (TPSA) is 24.9 Å². The zero-order valence-corrected chi connectivity index (χ0v) is 7.92. The van der Waals surface area contributed by atoms with E-state index in [0.29, 0.717) is 0 Å². The highest BCUT2D eigenvalue weighted by Gasteiger charge is 1.98. The Morgan fingerprint density at radius 2 is 2.14 bits per heavy atom. The van der Waals surface area contributed by atoms with Gasteiger partial charge in [0.2, 0.25) is 0 Å². The van der Waals surface area contributed by atoms with Gasteiger partial charge < -0.3 is 5.32 Å². The summed E-state index contributed by atoms with van der Waals surface area (Å²) in [6.07, 6.45) is 0. The maximum Gasteiger partial charge on any atom is 0.123 e. The standard InChI is InChI=1S/C11H11FN2/c1-13-7-10-4-2-8-6-9(12)3-5-11(8)14-10/h2-6,13H,7H2,1H3. The summed E-state index contributed by atoms with van der Waals surface area (Å²) in [6.45, 7) is 0.729. The van der Waals surface area contributed by atoms with E-state index in [4.69, 9.17) is 0 Å². The second-order valence-electron chi connectivity index (χ2n) is 3.17. The zero-order valence-electron chi connectivity index (χ0n) is 7.92. The monoisotopic (exact) mass is 190 g/mol. The lowest BCUT2D eigenvalue weighted by Gasteiger charge is -2.01. The van der Waals surface area contributed by atoms with E-state index in [9.17, 15) is 4.39 Å². The molecule has 2 nitrogen and oxygen atoms in total. The smallest absolute Gasteiger partial charge is 0.123 e. The molecule has 0 aliphatic carbocycles. The molecule has 0 unspecified atom stereocenters. The van der Waals surface area contributed by atoms with Gasteiger partial charge in [0.25, 0.3) is 0 Å². The highest BCUT2D eigenvalue weighted by molar-refractivity contribution is 5.78. The van der Waals surface area contributed by atoms with Crippen molar-refractivity contribution >= 4 is 10.9 Å². The molecule has 1 aromatic carbocycles. The van der Waals surface area contributed by atoms with Gasteiger partial charge in [-0.15, -0.1) is 0 Å². The maximum atomic E-state index is 12.8. The second-order valence-corrected chi connectivity index (χ2v) is 3.17. The summed E-state index contributed by atoms with van der Waals surface area (Å²) in [4.78, 5) is 4.38. The first-order chi connectivity index (χ1) is 6.79. The minimum Gasteiger partial charge on any atom is -0.314 e. The number of halogens is 1. The van der Waals surface area contributed by atoms with E-state index >= 15 is 0 Å². The molecule has 0 bridgehead atoms. The highest BCUT2D eigenvalue weighted by Crippen LogP contribution is 2.13. The van der Waals surface area contributed by atoms with E-state index in [1.54, 1.807) is 6.07 Å². The zero-order chi connectivity index (χ0) is 9.97. The predicted octanol–water partition coefficient (Wildman–Crippen LogP) is 2.09. The summed E-state index contributed by atoms with van der Waals surface area (Å²) >= 11 is 0. The largest absolute Gasteiger partial charge is 0.314 e. The van der Waals surface area contributed by atoms with E-state index in [2.05, 4.69) is 10.3 Å². The molecule has 0 aliphatic heterocycles. The first-order valence-electron chi connectivity index (χ1n) is 4.49. The summed E-state index contributed by atoms with van der Waals surface area (Å²) in [5.41, 5.74) is 1.80. The molecule has 0 aliphatic rings. The van der Waals surface area contributed by atoms with E-state index in [0.717, 1.165) is 23.1 Å². The van der Waals surface area contributed by atoms with E-state index in [1.807, 2.05) is 19.2 Å². The van der Waals surface area contributed by atoms with E-state index in [1.165, 1.54) is 12.1 Å². The van der Waals surface area contributed by atoms with Gasteiger partial charge in [0.1, 0.15) is 5.82 Å². The predicted molar refractivity (Wildman–Crippen MR) is 54.5 cm³/mol. The summed E-state index contributed by atoms with van der Waals surface area (Å²) in [5, 5.41) is 3.86. The summed E-state index contributed by atoms with van der Waals surface area (Å²) in [7, 11) is 1.87. The van der Waals surface area contributed by atoms with Crippen molar-refractivity contribution in [3.05, 3.63) is 41.8 Å². The van der Waals surface area contributed by atoms with Crippen molar-refractivity contribution in [3.63, 3.8) is 0 Å². The number of nitrogens with zero attached hydrogens (tertiary/aromatic N) is 1. The molecule has 0 atom stereocenters. The van der Waals surface area contributed by atoms with Crippen LogP contribution in [0.2, 0.25) is 0 Å². The Balaban J connectivity index is 2.50. The number of nitrogens with one attached hydrogen (secondary N) is 1. The fourth-order valence-corrected chi connectivity index (χ4v) is 1.42. The number of aromatic nitrogens is 1. The van der Waals surface area contributed by atoms with Gasteiger partial charge in [-0.3, -0.25) is 4.98 Å². The van der Waals surface area contributed by atoms with Crippen molar-refractivity contribution < 1.29 is 4.39 Å². The van der Waals surface area contributed by atoms with Gasteiger partial charge in [0.15, 0.2) is 0 Å². The van der Waals surface area contributed by atoms with Crippen LogP contribution in [0, 0.1) is 5.82 Å². The van der Waals surface area contributed by atoms with Crippen LogP contribution < -0.4 is 5.32 Å². The Morgan fingerprint density at radius 1 is 1.29 bits per heavy atom. The Kier molecular flexibility index (Phi) is 2.41. The molecule has 0 radical (unpaired) electrons. The minimum absolute atomic E-state index is 0.222. The molecule has 2 rings (SSSR count). The Bertz CT molecular complexity index is 454. The molecule has 0 saturated carbocycles. The van der Waals surface area contributed by atoms with Crippen molar-refractivity contribution in [3.8, 4) is 0 Å². The third-order valence-electron chi connectivity index (χ3n) is 2.07. The summed E-state index contributed by atoms with van der Waals surface area (Å²) in [6, 6.07) is 8.41. The molecule has 14 heavy (non-hydrogen) atoms. The van der Waals surface area contributed by atoms with Gasteiger partial charge in [-0.05, 0) is 31.3 Å². The third kappa shape index (κ3) is 1.72. The molecule has 0 saturated heterocycles. The molecular formula is C11H11FN2. The minimum atomic E-state index is -0.222. The number of fused-ring (bicyclic) bond motifs is 1. The average molecular weight is 190 g/mol. The second kappa shape index (κ2) is 3.72. The molecule has 72 valence electrons. The van der Waals surface area contributed by atoms with Crippen molar-refractivity contribution in [2.24, 2.45) is 0 Å². The van der Waals surface area contributed by atoms with Crippen LogP contribution in [0.5, 0.6) is 0 Å². The SMILES string of the molecule is CNCc1ccc2cc(F)ccc2n1. The van der Waals surface area contributed by atoms with Crippen molar-refractivity contribution in [2.75, 3.05) is 7.05 Å². The first kappa shape index (κ1) is 9.09. The molecular weight excluding hydrogens is 179 g/mol. The van der Waals surface area contributed by atoms with Gasteiger partial charge in [-0.2, -0.15) is 0 Å². The molecule has 2 aromatic rings. The van der Waals surface area contributed by atoms with Gasteiger partial charge in [0, 0.05) is 11.9 Å². The number of hydrogen-bond acceptors (Lipinski definition) is 2. The highest BCUT2D eigenvalue weighted by atomic mass is 19.1. The lowest BCUT2D eigenvalue weighted by atomic mass is 10.2. The molecule has 1 heterocycles. The van der Waals surface area contributed by atoms with Crippen LogP contribution in [-0.2, 0) is 6.54 Å². The molecule has 0 fully saturated rings.